The van der Waals surface area contributed by atoms with Crippen LogP contribution in [0.2, 0.25) is 0 Å². The number of nitrogens with one attached hydrogen (secondary N) is 2. The summed E-state index contributed by atoms with van der Waals surface area (Å²) in [4.78, 5) is 26.7. The average Bonchev–Trinajstić information content (AvgIpc) is 2.68. The normalized spacial score (nSPS) is 10.9. The Kier molecular flexibility index (Phi) is 7.51. The molecule has 0 aliphatic heterocycles. The highest BCUT2D eigenvalue weighted by molar-refractivity contribution is 7.80. The number of rotatable bonds is 5. The van der Waals surface area contributed by atoms with Crippen molar-refractivity contribution in [2.24, 2.45) is 0 Å². The standard InChI is InChI=1S/C23H29N3O2S/c1-6-26(7-2)21(28)17-9-8-10-19(15-17)24-22(29)25-20(27)16-11-13-18(14-12-16)23(3,4)5/h8-15H,6-7H2,1-5H3,(H2,24,25,27,29). The second-order valence-corrected chi connectivity index (χ2v) is 8.20. The number of carbonyl (C=O) groups is 2. The monoisotopic (exact) mass is 411 g/mol. The first kappa shape index (κ1) is 22.6. The second-order valence-electron chi connectivity index (χ2n) is 7.79. The molecule has 154 valence electrons. The van der Waals surface area contributed by atoms with Crippen molar-refractivity contribution in [3.63, 3.8) is 0 Å². The molecular weight excluding hydrogens is 382 g/mol. The van der Waals surface area contributed by atoms with Gasteiger partial charge < -0.3 is 10.2 Å². The van der Waals surface area contributed by atoms with Gasteiger partial charge in [-0.15, -0.1) is 0 Å². The molecule has 0 unspecified atom stereocenters. The molecule has 0 fully saturated rings. The number of nitrogens with zero attached hydrogens (tertiary/aromatic N) is 1. The van der Waals surface area contributed by atoms with Crippen molar-refractivity contribution >= 4 is 34.8 Å². The zero-order chi connectivity index (χ0) is 21.6. The molecule has 0 aliphatic rings. The van der Waals surface area contributed by atoms with Crippen LogP contribution in [0.25, 0.3) is 0 Å². The van der Waals surface area contributed by atoms with E-state index in [2.05, 4.69) is 31.4 Å². The summed E-state index contributed by atoms with van der Waals surface area (Å²) >= 11 is 5.27. The van der Waals surface area contributed by atoms with Crippen molar-refractivity contribution in [1.29, 1.82) is 0 Å². The Morgan fingerprint density at radius 2 is 1.59 bits per heavy atom. The summed E-state index contributed by atoms with van der Waals surface area (Å²) in [5, 5.41) is 5.84. The molecule has 5 nitrogen and oxygen atoms in total. The Labute approximate surface area is 178 Å². The minimum atomic E-state index is -0.279. The maximum absolute atomic E-state index is 12.5. The molecule has 0 heterocycles. The van der Waals surface area contributed by atoms with E-state index in [1.165, 1.54) is 0 Å². The number of benzene rings is 2. The van der Waals surface area contributed by atoms with Gasteiger partial charge in [-0.05, 0) is 67.4 Å². The van der Waals surface area contributed by atoms with Crippen molar-refractivity contribution in [3.8, 4) is 0 Å². The molecule has 2 amide bonds. The number of carbonyl (C=O) groups excluding carboxylic acids is 2. The summed E-state index contributed by atoms with van der Waals surface area (Å²) in [6.45, 7) is 11.6. The fourth-order valence-corrected chi connectivity index (χ4v) is 3.09. The molecule has 0 aromatic heterocycles. The summed E-state index contributed by atoms with van der Waals surface area (Å²) < 4.78 is 0. The number of hydrogen-bond donors (Lipinski definition) is 2. The van der Waals surface area contributed by atoms with Crippen LogP contribution in [0.4, 0.5) is 5.69 Å². The van der Waals surface area contributed by atoms with Crippen LogP contribution in [0.1, 0.15) is 60.9 Å². The molecule has 2 rings (SSSR count). The SMILES string of the molecule is CCN(CC)C(=O)c1cccc(NC(=S)NC(=O)c2ccc(C(C)(C)C)cc2)c1. The van der Waals surface area contributed by atoms with Gasteiger partial charge in [0.25, 0.3) is 11.8 Å². The predicted molar refractivity (Wildman–Crippen MR) is 123 cm³/mol. The van der Waals surface area contributed by atoms with E-state index in [1.807, 2.05) is 26.0 Å². The van der Waals surface area contributed by atoms with Gasteiger partial charge in [0.05, 0.1) is 0 Å². The van der Waals surface area contributed by atoms with Gasteiger partial charge in [0.1, 0.15) is 0 Å². The quantitative estimate of drug-likeness (QED) is 0.707. The second kappa shape index (κ2) is 9.65. The van der Waals surface area contributed by atoms with Gasteiger partial charge in [-0.3, -0.25) is 14.9 Å². The van der Waals surface area contributed by atoms with Crippen molar-refractivity contribution in [2.75, 3.05) is 18.4 Å². The third-order valence-electron chi connectivity index (χ3n) is 4.66. The van der Waals surface area contributed by atoms with Crippen LogP contribution in [0.5, 0.6) is 0 Å². The van der Waals surface area contributed by atoms with Crippen molar-refractivity contribution in [3.05, 3.63) is 65.2 Å². The number of hydrogen-bond acceptors (Lipinski definition) is 3. The van der Waals surface area contributed by atoms with Gasteiger partial charge >= 0.3 is 0 Å². The molecule has 0 radical (unpaired) electrons. The first-order chi connectivity index (χ1) is 13.7. The molecule has 6 heteroatoms. The lowest BCUT2D eigenvalue weighted by Gasteiger charge is -2.19. The molecule has 0 spiro atoms. The molecule has 2 N–H and O–H groups in total. The Hall–Kier alpha value is -2.73. The highest BCUT2D eigenvalue weighted by Crippen LogP contribution is 2.22. The summed E-state index contributed by atoms with van der Waals surface area (Å²) in [6.07, 6.45) is 0. The van der Waals surface area contributed by atoms with E-state index in [9.17, 15) is 9.59 Å². The Balaban J connectivity index is 2.03. The maximum Gasteiger partial charge on any atom is 0.257 e. The highest BCUT2D eigenvalue weighted by Gasteiger charge is 2.15. The molecule has 0 saturated heterocycles. The van der Waals surface area contributed by atoms with Crippen LogP contribution in [-0.4, -0.2) is 34.9 Å². The Morgan fingerprint density at radius 1 is 0.966 bits per heavy atom. The third-order valence-corrected chi connectivity index (χ3v) is 4.86. The zero-order valence-electron chi connectivity index (χ0n) is 17.7. The lowest BCUT2D eigenvalue weighted by Crippen LogP contribution is -2.34. The summed E-state index contributed by atoms with van der Waals surface area (Å²) in [6, 6.07) is 14.6. The van der Waals surface area contributed by atoms with Gasteiger partial charge in [0.15, 0.2) is 5.11 Å². The minimum Gasteiger partial charge on any atom is -0.339 e. The van der Waals surface area contributed by atoms with Crippen LogP contribution in [-0.2, 0) is 5.41 Å². The molecule has 0 aliphatic carbocycles. The van der Waals surface area contributed by atoms with Crippen molar-refractivity contribution in [2.45, 2.75) is 40.0 Å². The lowest BCUT2D eigenvalue weighted by molar-refractivity contribution is 0.0772. The van der Waals surface area contributed by atoms with E-state index in [0.717, 1.165) is 5.56 Å². The molecule has 0 atom stereocenters. The smallest absolute Gasteiger partial charge is 0.257 e. The van der Waals surface area contributed by atoms with Gasteiger partial charge in [0, 0.05) is 29.9 Å². The lowest BCUT2D eigenvalue weighted by atomic mass is 9.87. The van der Waals surface area contributed by atoms with E-state index < -0.39 is 0 Å². The van der Waals surface area contributed by atoms with E-state index in [-0.39, 0.29) is 22.3 Å². The molecule has 2 aromatic rings. The largest absolute Gasteiger partial charge is 0.339 e. The molecule has 2 aromatic carbocycles. The van der Waals surface area contributed by atoms with Crippen LogP contribution in [0, 0.1) is 0 Å². The van der Waals surface area contributed by atoms with Gasteiger partial charge in [0.2, 0.25) is 0 Å². The maximum atomic E-state index is 12.5. The van der Waals surface area contributed by atoms with Crippen LogP contribution >= 0.6 is 12.2 Å². The summed E-state index contributed by atoms with van der Waals surface area (Å²) in [5.41, 5.74) is 2.94. The first-order valence-corrected chi connectivity index (χ1v) is 10.2. The minimum absolute atomic E-state index is 0.0272. The average molecular weight is 412 g/mol. The molecule has 29 heavy (non-hydrogen) atoms. The fraction of sp³-hybridized carbons (Fsp3) is 0.348. The first-order valence-electron chi connectivity index (χ1n) is 9.78. The van der Waals surface area contributed by atoms with E-state index in [0.29, 0.717) is 29.9 Å². The summed E-state index contributed by atoms with van der Waals surface area (Å²) in [5.74, 6) is -0.314. The molecular formula is C23H29N3O2S. The van der Waals surface area contributed by atoms with Gasteiger partial charge in [-0.1, -0.05) is 39.0 Å². The van der Waals surface area contributed by atoms with Crippen LogP contribution in [0.3, 0.4) is 0 Å². The number of amides is 2. The van der Waals surface area contributed by atoms with Gasteiger partial charge in [-0.25, -0.2) is 0 Å². The van der Waals surface area contributed by atoms with Crippen molar-refractivity contribution < 1.29 is 9.59 Å². The predicted octanol–water partition coefficient (Wildman–Crippen LogP) is 4.59. The van der Waals surface area contributed by atoms with E-state index in [1.54, 1.807) is 41.3 Å². The van der Waals surface area contributed by atoms with E-state index >= 15 is 0 Å². The fourth-order valence-electron chi connectivity index (χ4n) is 2.88. The zero-order valence-corrected chi connectivity index (χ0v) is 18.5. The topological polar surface area (TPSA) is 61.4 Å². The van der Waals surface area contributed by atoms with E-state index in [4.69, 9.17) is 12.2 Å². The molecule has 0 saturated carbocycles. The number of anilines is 1. The number of thiocarbonyl (C=S) groups is 1. The Bertz CT molecular complexity index is 882. The van der Waals surface area contributed by atoms with Gasteiger partial charge in [-0.2, -0.15) is 0 Å². The summed E-state index contributed by atoms with van der Waals surface area (Å²) in [7, 11) is 0. The molecule has 0 bridgehead atoms. The van der Waals surface area contributed by atoms with Crippen molar-refractivity contribution in [1.82, 2.24) is 10.2 Å². The third kappa shape index (κ3) is 6.12. The van der Waals surface area contributed by atoms with Crippen LogP contribution in [0.15, 0.2) is 48.5 Å². The Morgan fingerprint density at radius 3 is 2.14 bits per heavy atom. The highest BCUT2D eigenvalue weighted by atomic mass is 32.1. The van der Waals surface area contributed by atoms with Crippen LogP contribution < -0.4 is 10.6 Å².